The second-order valence-corrected chi connectivity index (χ2v) is 11.0. The van der Waals surface area contributed by atoms with Gasteiger partial charge in [-0.15, -0.1) is 0 Å². The summed E-state index contributed by atoms with van der Waals surface area (Å²) in [5.41, 5.74) is 5.07. The standard InChI is InChI=1S/C28H27N3O4S/c1-20-12-13-25(22(16-20)17-21-8-3-2-4-9-21)29-36(34,35)23-18-31(19-23)26-11-7-10-24(28(32)33)27(26)30-14-5-6-15-30/h2-16,23,29H,17-19H2,1H3,(H,32,33). The maximum atomic E-state index is 13.3. The third kappa shape index (κ3) is 4.72. The average Bonchev–Trinajstić information content (AvgIpc) is 3.35. The normalized spacial score (nSPS) is 13.9. The number of para-hydroxylation sites is 1. The summed E-state index contributed by atoms with van der Waals surface area (Å²) in [6, 6.07) is 24.4. The van der Waals surface area contributed by atoms with Gasteiger partial charge < -0.3 is 14.6 Å². The fourth-order valence-corrected chi connectivity index (χ4v) is 5.99. The van der Waals surface area contributed by atoms with Gasteiger partial charge in [-0.25, -0.2) is 13.2 Å². The molecule has 1 aliphatic rings. The number of benzene rings is 3. The van der Waals surface area contributed by atoms with Crippen LogP contribution in [0.4, 0.5) is 11.4 Å². The van der Waals surface area contributed by atoms with Gasteiger partial charge in [0.05, 0.1) is 22.6 Å². The number of carbonyl (C=O) groups is 1. The molecule has 36 heavy (non-hydrogen) atoms. The van der Waals surface area contributed by atoms with E-state index in [9.17, 15) is 18.3 Å². The van der Waals surface area contributed by atoms with E-state index in [-0.39, 0.29) is 18.7 Å². The largest absolute Gasteiger partial charge is 0.478 e. The molecule has 0 amide bonds. The number of carboxylic acids is 1. The summed E-state index contributed by atoms with van der Waals surface area (Å²) in [7, 11) is -3.65. The molecule has 0 spiro atoms. The summed E-state index contributed by atoms with van der Waals surface area (Å²) >= 11 is 0. The van der Waals surface area contributed by atoms with Crippen LogP contribution in [0.1, 0.15) is 27.0 Å². The predicted molar refractivity (Wildman–Crippen MR) is 142 cm³/mol. The Labute approximate surface area is 210 Å². The highest BCUT2D eigenvalue weighted by atomic mass is 32.2. The summed E-state index contributed by atoms with van der Waals surface area (Å²) in [6.07, 6.45) is 4.19. The molecule has 2 N–H and O–H groups in total. The highest BCUT2D eigenvalue weighted by Gasteiger charge is 2.39. The maximum absolute atomic E-state index is 13.3. The van der Waals surface area contributed by atoms with Gasteiger partial charge in [0, 0.05) is 25.5 Å². The molecule has 8 heteroatoms. The van der Waals surface area contributed by atoms with Gasteiger partial charge in [-0.2, -0.15) is 0 Å². The Hall–Kier alpha value is -4.04. The van der Waals surface area contributed by atoms with Gasteiger partial charge in [-0.3, -0.25) is 4.72 Å². The molecule has 1 saturated heterocycles. The first kappa shape index (κ1) is 23.7. The van der Waals surface area contributed by atoms with Crippen LogP contribution in [0.5, 0.6) is 0 Å². The molecule has 1 aliphatic heterocycles. The molecule has 0 unspecified atom stereocenters. The van der Waals surface area contributed by atoms with E-state index >= 15 is 0 Å². The van der Waals surface area contributed by atoms with Gasteiger partial charge in [0.25, 0.3) is 0 Å². The summed E-state index contributed by atoms with van der Waals surface area (Å²) in [6.45, 7) is 2.53. The SMILES string of the molecule is Cc1ccc(NS(=O)(=O)C2CN(c3cccc(C(=O)O)c3-n3cccc3)C2)c(Cc2ccccc2)c1. The number of aryl methyl sites for hydroxylation is 1. The Morgan fingerprint density at radius 1 is 0.972 bits per heavy atom. The van der Waals surface area contributed by atoms with Crippen LogP contribution in [-0.4, -0.2) is 42.4 Å². The van der Waals surface area contributed by atoms with E-state index in [0.29, 0.717) is 23.5 Å². The molecular weight excluding hydrogens is 474 g/mol. The van der Waals surface area contributed by atoms with Gasteiger partial charge >= 0.3 is 5.97 Å². The molecule has 4 aromatic rings. The zero-order chi connectivity index (χ0) is 25.3. The minimum atomic E-state index is -3.65. The second-order valence-electron chi connectivity index (χ2n) is 9.07. The van der Waals surface area contributed by atoms with Crippen LogP contribution in [0.15, 0.2) is 91.3 Å². The van der Waals surface area contributed by atoms with E-state index in [1.54, 1.807) is 29.1 Å². The number of nitrogens with zero attached hydrogens (tertiary/aromatic N) is 2. The van der Waals surface area contributed by atoms with Gasteiger partial charge in [0.15, 0.2) is 0 Å². The monoisotopic (exact) mass is 501 g/mol. The Morgan fingerprint density at radius 2 is 1.69 bits per heavy atom. The molecule has 0 aliphatic carbocycles. The highest BCUT2D eigenvalue weighted by molar-refractivity contribution is 7.93. The topological polar surface area (TPSA) is 91.6 Å². The second kappa shape index (κ2) is 9.54. The van der Waals surface area contributed by atoms with Crippen LogP contribution in [0.2, 0.25) is 0 Å². The van der Waals surface area contributed by atoms with Crippen LogP contribution in [-0.2, 0) is 16.4 Å². The van der Waals surface area contributed by atoms with Crippen LogP contribution >= 0.6 is 0 Å². The van der Waals surface area contributed by atoms with Gasteiger partial charge in [0.1, 0.15) is 5.25 Å². The lowest BCUT2D eigenvalue weighted by atomic mass is 10.0. The lowest BCUT2D eigenvalue weighted by Gasteiger charge is -2.41. The fraction of sp³-hybridized carbons (Fsp3) is 0.179. The minimum Gasteiger partial charge on any atom is -0.478 e. The third-order valence-electron chi connectivity index (χ3n) is 6.49. The van der Waals surface area contributed by atoms with Crippen molar-refractivity contribution in [3.8, 4) is 5.69 Å². The number of rotatable bonds is 8. The summed E-state index contributed by atoms with van der Waals surface area (Å²) in [4.78, 5) is 13.8. The number of sulfonamides is 1. The summed E-state index contributed by atoms with van der Waals surface area (Å²) in [5.74, 6) is -1.03. The van der Waals surface area contributed by atoms with Crippen molar-refractivity contribution in [3.63, 3.8) is 0 Å². The number of carboxylic acid groups (broad SMARTS) is 1. The first-order valence-electron chi connectivity index (χ1n) is 11.7. The van der Waals surface area contributed by atoms with Crippen molar-refractivity contribution < 1.29 is 18.3 Å². The lowest BCUT2D eigenvalue weighted by molar-refractivity contribution is 0.0697. The first-order valence-corrected chi connectivity index (χ1v) is 13.3. The highest BCUT2D eigenvalue weighted by Crippen LogP contribution is 2.34. The molecule has 1 aromatic heterocycles. The minimum absolute atomic E-state index is 0.165. The number of aromatic nitrogens is 1. The van der Waals surface area contributed by atoms with Crippen molar-refractivity contribution >= 4 is 27.4 Å². The van der Waals surface area contributed by atoms with Crippen molar-refractivity contribution in [2.75, 3.05) is 22.7 Å². The number of anilines is 2. The van der Waals surface area contributed by atoms with Crippen LogP contribution < -0.4 is 9.62 Å². The Balaban J connectivity index is 1.36. The Bertz CT molecular complexity index is 1490. The fourth-order valence-electron chi connectivity index (χ4n) is 4.57. The van der Waals surface area contributed by atoms with Gasteiger partial charge in [-0.1, -0.05) is 54.1 Å². The molecule has 0 bridgehead atoms. The first-order chi connectivity index (χ1) is 17.3. The van der Waals surface area contributed by atoms with Crippen LogP contribution in [0.3, 0.4) is 0 Å². The summed E-state index contributed by atoms with van der Waals surface area (Å²) < 4.78 is 31.2. The van der Waals surface area contributed by atoms with Gasteiger partial charge in [0.2, 0.25) is 10.0 Å². The molecule has 2 heterocycles. The summed E-state index contributed by atoms with van der Waals surface area (Å²) in [5, 5.41) is 9.10. The van der Waals surface area contributed by atoms with Crippen LogP contribution in [0.25, 0.3) is 5.69 Å². The molecule has 184 valence electrons. The third-order valence-corrected chi connectivity index (χ3v) is 8.17. The quantitative estimate of drug-likeness (QED) is 0.365. The number of hydrogen-bond donors (Lipinski definition) is 2. The Morgan fingerprint density at radius 3 is 2.39 bits per heavy atom. The molecule has 3 aromatic carbocycles. The number of nitrogens with one attached hydrogen (secondary N) is 1. The van der Waals surface area contributed by atoms with Crippen molar-refractivity contribution in [2.45, 2.75) is 18.6 Å². The molecule has 1 fully saturated rings. The van der Waals surface area contributed by atoms with Crippen molar-refractivity contribution in [3.05, 3.63) is 114 Å². The van der Waals surface area contributed by atoms with Crippen LogP contribution in [0, 0.1) is 6.92 Å². The van der Waals surface area contributed by atoms with Crippen molar-refractivity contribution in [1.82, 2.24) is 4.57 Å². The van der Waals surface area contributed by atoms with E-state index in [2.05, 4.69) is 4.72 Å². The van der Waals surface area contributed by atoms with E-state index in [1.807, 2.05) is 78.6 Å². The molecule has 0 saturated carbocycles. The number of aromatic carboxylic acids is 1. The zero-order valence-electron chi connectivity index (χ0n) is 19.8. The molecular formula is C28H27N3O4S. The molecule has 7 nitrogen and oxygen atoms in total. The lowest BCUT2D eigenvalue weighted by Crippen LogP contribution is -2.56. The van der Waals surface area contributed by atoms with Crippen molar-refractivity contribution in [2.24, 2.45) is 0 Å². The predicted octanol–water partition coefficient (Wildman–Crippen LogP) is 4.71. The van der Waals surface area contributed by atoms with E-state index in [1.165, 1.54) is 0 Å². The Kier molecular flexibility index (Phi) is 6.28. The van der Waals surface area contributed by atoms with Crippen molar-refractivity contribution in [1.29, 1.82) is 0 Å². The smallest absolute Gasteiger partial charge is 0.337 e. The molecule has 5 rings (SSSR count). The average molecular weight is 502 g/mol. The van der Waals surface area contributed by atoms with Gasteiger partial charge in [-0.05, 0) is 54.8 Å². The van der Waals surface area contributed by atoms with E-state index in [0.717, 1.165) is 16.7 Å². The van der Waals surface area contributed by atoms with E-state index in [4.69, 9.17) is 0 Å². The zero-order valence-corrected chi connectivity index (χ0v) is 20.7. The maximum Gasteiger partial charge on any atom is 0.337 e. The number of hydrogen-bond acceptors (Lipinski definition) is 4. The molecule has 0 atom stereocenters. The molecule has 0 radical (unpaired) electrons. The van der Waals surface area contributed by atoms with E-state index < -0.39 is 21.2 Å².